The molecule has 0 saturated heterocycles. The minimum absolute atomic E-state index is 0.208. The Bertz CT molecular complexity index is 511. The molecule has 2 rings (SSSR count). The van der Waals surface area contributed by atoms with Crippen LogP contribution in [0.3, 0.4) is 0 Å². The van der Waals surface area contributed by atoms with E-state index in [2.05, 4.69) is 20.9 Å². The third-order valence-electron chi connectivity index (χ3n) is 2.20. The molecule has 3 N–H and O–H groups in total. The van der Waals surface area contributed by atoms with E-state index in [4.69, 9.17) is 5.73 Å². The summed E-state index contributed by atoms with van der Waals surface area (Å²) in [5.74, 6) is 0.577. The molecule has 0 aliphatic heterocycles. The van der Waals surface area contributed by atoms with Gasteiger partial charge in [-0.05, 0) is 25.1 Å². The molecular weight excluding hydrogens is 244 g/mol. The molecule has 1 heterocycles. The monoisotopic (exact) mass is 252 g/mol. The molecule has 0 radical (unpaired) electrons. The van der Waals surface area contributed by atoms with Crippen molar-refractivity contribution in [3.8, 4) is 5.75 Å². The maximum atomic E-state index is 9.79. The number of halogens is 1. The predicted molar refractivity (Wildman–Crippen MR) is 60.3 cm³/mol. The van der Waals surface area contributed by atoms with Crippen LogP contribution >= 0.6 is 15.9 Å². The van der Waals surface area contributed by atoms with Gasteiger partial charge < -0.3 is 10.8 Å². The molecule has 0 amide bonds. The predicted octanol–water partition coefficient (Wildman–Crippen LogP) is 2.59. The minimum atomic E-state index is 0.208. The highest BCUT2D eigenvalue weighted by atomic mass is 79.9. The van der Waals surface area contributed by atoms with E-state index < -0.39 is 0 Å². The lowest BCUT2D eigenvalue weighted by Gasteiger charge is -2.06. The van der Waals surface area contributed by atoms with Crippen LogP contribution in [0.2, 0.25) is 0 Å². The summed E-state index contributed by atoms with van der Waals surface area (Å²) in [5, 5.41) is 10.5. The quantitative estimate of drug-likeness (QED) is 0.758. The number of pyridine rings is 1. The summed E-state index contributed by atoms with van der Waals surface area (Å²) in [6.45, 7) is 1.75. The molecule has 0 bridgehead atoms. The molecule has 72 valence electrons. The van der Waals surface area contributed by atoms with Crippen molar-refractivity contribution < 1.29 is 5.11 Å². The van der Waals surface area contributed by atoms with E-state index in [-0.39, 0.29) is 5.75 Å². The van der Waals surface area contributed by atoms with Gasteiger partial charge in [0, 0.05) is 15.4 Å². The van der Waals surface area contributed by atoms with Crippen LogP contribution in [0, 0.1) is 6.92 Å². The first-order valence-electron chi connectivity index (χ1n) is 4.14. The van der Waals surface area contributed by atoms with Crippen molar-refractivity contribution in [3.05, 3.63) is 28.2 Å². The molecule has 0 spiro atoms. The van der Waals surface area contributed by atoms with Gasteiger partial charge in [-0.25, -0.2) is 4.98 Å². The van der Waals surface area contributed by atoms with Crippen molar-refractivity contribution in [3.63, 3.8) is 0 Å². The summed E-state index contributed by atoms with van der Waals surface area (Å²) in [4.78, 5) is 4.18. The minimum Gasteiger partial charge on any atom is -0.507 e. The molecule has 0 saturated carbocycles. The number of aromatic hydroxyl groups is 1. The summed E-state index contributed by atoms with van der Waals surface area (Å²) in [6.07, 6.45) is 0. The second kappa shape index (κ2) is 3.13. The van der Waals surface area contributed by atoms with Gasteiger partial charge in [-0.2, -0.15) is 0 Å². The van der Waals surface area contributed by atoms with Gasteiger partial charge >= 0.3 is 0 Å². The van der Waals surface area contributed by atoms with Crippen molar-refractivity contribution in [2.24, 2.45) is 0 Å². The van der Waals surface area contributed by atoms with Gasteiger partial charge in [0.2, 0.25) is 0 Å². The Hall–Kier alpha value is -1.29. The number of hydrogen-bond acceptors (Lipinski definition) is 3. The van der Waals surface area contributed by atoms with Gasteiger partial charge in [0.15, 0.2) is 0 Å². The zero-order valence-corrected chi connectivity index (χ0v) is 9.17. The van der Waals surface area contributed by atoms with Gasteiger partial charge in [0.1, 0.15) is 11.6 Å². The number of nitrogen functional groups attached to an aromatic ring is 1. The molecule has 1 aromatic carbocycles. The van der Waals surface area contributed by atoms with Crippen molar-refractivity contribution in [2.45, 2.75) is 6.92 Å². The Kier molecular flexibility index (Phi) is 2.07. The Morgan fingerprint density at radius 3 is 2.86 bits per heavy atom. The standard InChI is InChI=1S/C10H9BrN2O/c1-5-9(14)7-3-2-6(11)4-8(7)13-10(5)12/h2-4H,1H3,(H3,12,13,14). The summed E-state index contributed by atoms with van der Waals surface area (Å²) in [7, 11) is 0. The van der Waals surface area contributed by atoms with Crippen LogP contribution in [0.1, 0.15) is 5.56 Å². The lowest BCUT2D eigenvalue weighted by Crippen LogP contribution is -1.95. The molecule has 0 unspecified atom stereocenters. The zero-order valence-electron chi connectivity index (χ0n) is 7.58. The SMILES string of the molecule is Cc1c(N)nc2cc(Br)ccc2c1O. The summed E-state index contributed by atoms with van der Waals surface area (Å²) in [6, 6.07) is 5.50. The molecule has 0 atom stereocenters. The Balaban J connectivity index is 2.91. The van der Waals surface area contributed by atoms with Gasteiger partial charge in [0.25, 0.3) is 0 Å². The zero-order chi connectivity index (χ0) is 10.3. The first kappa shape index (κ1) is 9.27. The number of hydrogen-bond donors (Lipinski definition) is 2. The molecule has 3 nitrogen and oxygen atoms in total. The number of rotatable bonds is 0. The molecule has 14 heavy (non-hydrogen) atoms. The van der Waals surface area contributed by atoms with E-state index in [9.17, 15) is 5.11 Å². The molecule has 0 fully saturated rings. The maximum absolute atomic E-state index is 9.79. The van der Waals surface area contributed by atoms with E-state index in [1.807, 2.05) is 18.2 Å². The van der Waals surface area contributed by atoms with Crippen LogP contribution in [-0.2, 0) is 0 Å². The fraction of sp³-hybridized carbons (Fsp3) is 0.100. The van der Waals surface area contributed by atoms with E-state index in [0.717, 1.165) is 9.86 Å². The molecule has 0 aliphatic rings. The molecule has 4 heteroatoms. The number of nitrogens with zero attached hydrogens (tertiary/aromatic N) is 1. The smallest absolute Gasteiger partial charge is 0.131 e. The van der Waals surface area contributed by atoms with Gasteiger partial charge in [-0.3, -0.25) is 0 Å². The van der Waals surface area contributed by atoms with E-state index in [1.165, 1.54) is 0 Å². The molecule has 0 aliphatic carbocycles. The lowest BCUT2D eigenvalue weighted by atomic mass is 10.1. The fourth-order valence-electron chi connectivity index (χ4n) is 1.33. The summed E-state index contributed by atoms with van der Waals surface area (Å²) >= 11 is 3.34. The second-order valence-corrected chi connectivity index (χ2v) is 4.05. The van der Waals surface area contributed by atoms with Crippen LogP contribution < -0.4 is 5.73 Å². The average molecular weight is 253 g/mol. The van der Waals surface area contributed by atoms with Gasteiger partial charge in [-0.1, -0.05) is 15.9 Å². The van der Waals surface area contributed by atoms with Crippen LogP contribution in [0.5, 0.6) is 5.75 Å². The summed E-state index contributed by atoms with van der Waals surface area (Å²) in [5.41, 5.74) is 6.97. The molecule has 1 aromatic heterocycles. The largest absolute Gasteiger partial charge is 0.507 e. The van der Waals surface area contributed by atoms with Gasteiger partial charge in [0.05, 0.1) is 5.52 Å². The highest BCUT2D eigenvalue weighted by Gasteiger charge is 2.08. The third kappa shape index (κ3) is 1.32. The Morgan fingerprint density at radius 1 is 1.43 bits per heavy atom. The van der Waals surface area contributed by atoms with Crippen LogP contribution in [-0.4, -0.2) is 10.1 Å². The number of fused-ring (bicyclic) bond motifs is 1. The first-order valence-corrected chi connectivity index (χ1v) is 4.93. The highest BCUT2D eigenvalue weighted by Crippen LogP contribution is 2.31. The van der Waals surface area contributed by atoms with Crippen molar-refractivity contribution in [2.75, 3.05) is 5.73 Å². The number of aromatic nitrogens is 1. The number of anilines is 1. The van der Waals surface area contributed by atoms with Crippen LogP contribution in [0.15, 0.2) is 22.7 Å². The van der Waals surface area contributed by atoms with Crippen molar-refractivity contribution in [1.82, 2.24) is 4.98 Å². The fourth-order valence-corrected chi connectivity index (χ4v) is 1.68. The number of nitrogens with two attached hydrogens (primary N) is 1. The van der Waals surface area contributed by atoms with E-state index in [1.54, 1.807) is 6.92 Å². The first-order chi connectivity index (χ1) is 6.59. The topological polar surface area (TPSA) is 59.1 Å². The lowest BCUT2D eigenvalue weighted by molar-refractivity contribution is 0.477. The molecular formula is C10H9BrN2O. The van der Waals surface area contributed by atoms with E-state index >= 15 is 0 Å². The van der Waals surface area contributed by atoms with Crippen LogP contribution in [0.4, 0.5) is 5.82 Å². The Labute approximate surface area is 89.7 Å². The van der Waals surface area contributed by atoms with Crippen molar-refractivity contribution >= 4 is 32.7 Å². The van der Waals surface area contributed by atoms with E-state index in [0.29, 0.717) is 16.9 Å². The van der Waals surface area contributed by atoms with Crippen LogP contribution in [0.25, 0.3) is 10.9 Å². The molecule has 2 aromatic rings. The van der Waals surface area contributed by atoms with Crippen molar-refractivity contribution in [1.29, 1.82) is 0 Å². The number of benzene rings is 1. The Morgan fingerprint density at radius 2 is 2.14 bits per heavy atom. The average Bonchev–Trinajstić information content (AvgIpc) is 2.14. The van der Waals surface area contributed by atoms with Gasteiger partial charge in [-0.15, -0.1) is 0 Å². The normalized spacial score (nSPS) is 10.7. The highest BCUT2D eigenvalue weighted by molar-refractivity contribution is 9.10. The second-order valence-electron chi connectivity index (χ2n) is 3.13. The maximum Gasteiger partial charge on any atom is 0.131 e. The summed E-state index contributed by atoms with van der Waals surface area (Å²) < 4.78 is 0.917. The third-order valence-corrected chi connectivity index (χ3v) is 2.69.